The van der Waals surface area contributed by atoms with Gasteiger partial charge in [-0.1, -0.05) is 62.4 Å². The highest BCUT2D eigenvalue weighted by Gasteiger charge is 2.16. The van der Waals surface area contributed by atoms with Crippen LogP contribution in [0.5, 0.6) is 0 Å². The highest BCUT2D eigenvalue weighted by molar-refractivity contribution is 5.98. The molecule has 0 aliphatic carbocycles. The summed E-state index contributed by atoms with van der Waals surface area (Å²) in [6.07, 6.45) is 0.680. The highest BCUT2D eigenvalue weighted by atomic mass is 16.2. The average molecular weight is 282 g/mol. The summed E-state index contributed by atoms with van der Waals surface area (Å²) in [6.45, 7) is 4.12. The number of amides is 1. The van der Waals surface area contributed by atoms with Gasteiger partial charge in [-0.15, -0.1) is 0 Å². The first-order valence-electron chi connectivity index (χ1n) is 7.29. The van der Waals surface area contributed by atoms with E-state index in [4.69, 9.17) is 5.73 Å². The smallest absolute Gasteiger partial charge is 0.241 e. The minimum absolute atomic E-state index is 0.132. The molecule has 0 aliphatic rings. The van der Waals surface area contributed by atoms with Gasteiger partial charge >= 0.3 is 0 Å². The molecule has 2 rings (SSSR count). The van der Waals surface area contributed by atoms with Crippen molar-refractivity contribution in [2.45, 2.75) is 26.3 Å². The number of hydrogen-bond donors (Lipinski definition) is 2. The minimum Gasteiger partial charge on any atom is -0.324 e. The van der Waals surface area contributed by atoms with Gasteiger partial charge in [-0.2, -0.15) is 0 Å². The van der Waals surface area contributed by atoms with E-state index in [0.717, 1.165) is 16.8 Å². The number of nitrogens with one attached hydrogen (secondary N) is 1. The van der Waals surface area contributed by atoms with E-state index in [0.29, 0.717) is 12.3 Å². The minimum atomic E-state index is -0.478. The third kappa shape index (κ3) is 4.17. The van der Waals surface area contributed by atoms with Crippen molar-refractivity contribution in [3.05, 3.63) is 54.6 Å². The van der Waals surface area contributed by atoms with Gasteiger partial charge in [-0.25, -0.2) is 0 Å². The number of para-hydroxylation sites is 1. The SMILES string of the molecule is CC(C)C[C@H](N)C(=O)Nc1ccccc1-c1ccccc1. The Morgan fingerprint density at radius 2 is 1.67 bits per heavy atom. The Morgan fingerprint density at radius 1 is 1.05 bits per heavy atom. The number of anilines is 1. The van der Waals surface area contributed by atoms with Crippen LogP contribution in [0.25, 0.3) is 11.1 Å². The molecule has 0 spiro atoms. The fraction of sp³-hybridized carbons (Fsp3) is 0.278. The quantitative estimate of drug-likeness (QED) is 0.879. The number of hydrogen-bond acceptors (Lipinski definition) is 2. The molecular weight excluding hydrogens is 260 g/mol. The number of nitrogens with two attached hydrogens (primary N) is 1. The van der Waals surface area contributed by atoms with Crippen molar-refractivity contribution in [3.8, 4) is 11.1 Å². The van der Waals surface area contributed by atoms with Gasteiger partial charge in [0.05, 0.1) is 6.04 Å². The molecule has 0 bridgehead atoms. The van der Waals surface area contributed by atoms with E-state index < -0.39 is 6.04 Å². The molecular formula is C18H22N2O. The normalized spacial score (nSPS) is 12.2. The first-order valence-corrected chi connectivity index (χ1v) is 7.29. The van der Waals surface area contributed by atoms with E-state index >= 15 is 0 Å². The van der Waals surface area contributed by atoms with Crippen LogP contribution in [0.2, 0.25) is 0 Å². The zero-order chi connectivity index (χ0) is 15.2. The zero-order valence-corrected chi connectivity index (χ0v) is 12.5. The molecule has 3 nitrogen and oxygen atoms in total. The summed E-state index contributed by atoms with van der Waals surface area (Å²) in [4.78, 5) is 12.2. The van der Waals surface area contributed by atoms with Crippen LogP contribution < -0.4 is 11.1 Å². The van der Waals surface area contributed by atoms with Crippen LogP contribution in [0.4, 0.5) is 5.69 Å². The second-order valence-corrected chi connectivity index (χ2v) is 5.64. The molecule has 0 saturated carbocycles. The molecule has 2 aromatic rings. The maximum atomic E-state index is 12.2. The van der Waals surface area contributed by atoms with E-state index in [1.165, 1.54) is 0 Å². The molecule has 0 aromatic heterocycles. The molecule has 3 heteroatoms. The Bertz CT molecular complexity index is 593. The predicted molar refractivity (Wildman–Crippen MR) is 87.9 cm³/mol. The summed E-state index contributed by atoms with van der Waals surface area (Å²) in [7, 11) is 0. The Hall–Kier alpha value is -2.13. The summed E-state index contributed by atoms with van der Waals surface area (Å²) >= 11 is 0. The van der Waals surface area contributed by atoms with Crippen molar-refractivity contribution in [2.75, 3.05) is 5.32 Å². The zero-order valence-electron chi connectivity index (χ0n) is 12.5. The van der Waals surface area contributed by atoms with Crippen LogP contribution in [0.1, 0.15) is 20.3 Å². The number of benzene rings is 2. The molecule has 0 unspecified atom stereocenters. The van der Waals surface area contributed by atoms with Crippen molar-refractivity contribution >= 4 is 11.6 Å². The van der Waals surface area contributed by atoms with Gasteiger partial charge < -0.3 is 11.1 Å². The molecule has 21 heavy (non-hydrogen) atoms. The Kier molecular flexibility index (Phi) is 5.12. The van der Waals surface area contributed by atoms with Crippen molar-refractivity contribution in [1.29, 1.82) is 0 Å². The van der Waals surface area contributed by atoms with Crippen molar-refractivity contribution < 1.29 is 4.79 Å². The number of carbonyl (C=O) groups is 1. The van der Waals surface area contributed by atoms with Crippen molar-refractivity contribution in [3.63, 3.8) is 0 Å². The third-order valence-corrected chi connectivity index (χ3v) is 3.33. The summed E-state index contributed by atoms with van der Waals surface area (Å²) in [5.74, 6) is 0.266. The topological polar surface area (TPSA) is 55.1 Å². The average Bonchev–Trinajstić information content (AvgIpc) is 2.48. The first-order chi connectivity index (χ1) is 10.1. The first kappa shape index (κ1) is 15.3. The third-order valence-electron chi connectivity index (χ3n) is 3.33. The molecule has 0 saturated heterocycles. The van der Waals surface area contributed by atoms with E-state index in [2.05, 4.69) is 19.2 Å². The van der Waals surface area contributed by atoms with Gasteiger partial charge in [0.25, 0.3) is 0 Å². The number of rotatable bonds is 5. The van der Waals surface area contributed by atoms with E-state index in [9.17, 15) is 4.79 Å². The number of carbonyl (C=O) groups excluding carboxylic acids is 1. The van der Waals surface area contributed by atoms with Crippen LogP contribution in [-0.2, 0) is 4.79 Å². The standard InChI is InChI=1S/C18H22N2O/c1-13(2)12-16(19)18(21)20-17-11-7-6-10-15(17)14-8-4-3-5-9-14/h3-11,13,16H,12,19H2,1-2H3,(H,20,21)/t16-/m0/s1. The van der Waals surface area contributed by atoms with Crippen molar-refractivity contribution in [2.24, 2.45) is 11.7 Å². The van der Waals surface area contributed by atoms with Gasteiger partial charge in [0.15, 0.2) is 0 Å². The molecule has 110 valence electrons. The summed E-state index contributed by atoms with van der Waals surface area (Å²) in [5.41, 5.74) is 8.82. The van der Waals surface area contributed by atoms with Crippen LogP contribution >= 0.6 is 0 Å². The maximum Gasteiger partial charge on any atom is 0.241 e. The molecule has 3 N–H and O–H groups in total. The van der Waals surface area contributed by atoms with Crippen LogP contribution in [0.15, 0.2) is 54.6 Å². The molecule has 1 amide bonds. The van der Waals surface area contributed by atoms with E-state index in [1.54, 1.807) is 0 Å². The van der Waals surface area contributed by atoms with Gasteiger partial charge in [0.1, 0.15) is 0 Å². The Morgan fingerprint density at radius 3 is 2.33 bits per heavy atom. The summed E-state index contributed by atoms with van der Waals surface area (Å²) < 4.78 is 0. The van der Waals surface area contributed by atoms with E-state index in [-0.39, 0.29) is 5.91 Å². The van der Waals surface area contributed by atoms with E-state index in [1.807, 2.05) is 54.6 Å². The van der Waals surface area contributed by atoms with Gasteiger partial charge in [-0.05, 0) is 24.0 Å². The van der Waals surface area contributed by atoms with Crippen LogP contribution in [0, 0.1) is 5.92 Å². The van der Waals surface area contributed by atoms with Crippen LogP contribution in [-0.4, -0.2) is 11.9 Å². The lowest BCUT2D eigenvalue weighted by molar-refractivity contribution is -0.117. The maximum absolute atomic E-state index is 12.2. The lowest BCUT2D eigenvalue weighted by Gasteiger charge is -2.16. The summed E-state index contributed by atoms with van der Waals surface area (Å²) in [6, 6.07) is 17.3. The summed E-state index contributed by atoms with van der Waals surface area (Å²) in [5, 5.41) is 2.95. The Labute approximate surface area is 126 Å². The van der Waals surface area contributed by atoms with Gasteiger partial charge in [0, 0.05) is 11.3 Å². The molecule has 0 aliphatic heterocycles. The largest absolute Gasteiger partial charge is 0.324 e. The molecule has 0 fully saturated rings. The Balaban J connectivity index is 2.20. The second-order valence-electron chi connectivity index (χ2n) is 5.64. The second kappa shape index (κ2) is 7.04. The predicted octanol–water partition coefficient (Wildman–Crippen LogP) is 3.67. The van der Waals surface area contributed by atoms with Crippen molar-refractivity contribution in [1.82, 2.24) is 0 Å². The monoisotopic (exact) mass is 282 g/mol. The molecule has 2 aromatic carbocycles. The van der Waals surface area contributed by atoms with Gasteiger partial charge in [-0.3, -0.25) is 4.79 Å². The molecule has 0 radical (unpaired) electrons. The van der Waals surface area contributed by atoms with Crippen LogP contribution in [0.3, 0.4) is 0 Å². The van der Waals surface area contributed by atoms with Gasteiger partial charge in [0.2, 0.25) is 5.91 Å². The molecule has 1 atom stereocenters. The fourth-order valence-corrected chi connectivity index (χ4v) is 2.30. The lowest BCUT2D eigenvalue weighted by Crippen LogP contribution is -2.36. The lowest BCUT2D eigenvalue weighted by atomic mass is 10.0. The highest BCUT2D eigenvalue weighted by Crippen LogP contribution is 2.27. The fourth-order valence-electron chi connectivity index (χ4n) is 2.30. The molecule has 0 heterocycles.